The Balaban J connectivity index is 2.35. The molecule has 1 fully saturated rings. The van der Waals surface area contributed by atoms with E-state index in [0.717, 1.165) is 0 Å². The van der Waals surface area contributed by atoms with E-state index in [-0.39, 0.29) is 24.8 Å². The summed E-state index contributed by atoms with van der Waals surface area (Å²) in [6.07, 6.45) is 4.01. The minimum atomic E-state index is -0.677. The molecule has 5 heteroatoms. The zero-order valence-corrected chi connectivity index (χ0v) is 11.2. The highest BCUT2D eigenvalue weighted by molar-refractivity contribution is 5.69. The number of carbonyl (C=O) groups is 1. The number of ether oxygens (including phenoxy) is 3. The summed E-state index contributed by atoms with van der Waals surface area (Å²) in [5.41, 5.74) is 0. The van der Waals surface area contributed by atoms with Crippen LogP contribution in [0.25, 0.3) is 0 Å². The molecule has 0 spiro atoms. The van der Waals surface area contributed by atoms with Crippen LogP contribution in [0.1, 0.15) is 33.6 Å². The molecule has 0 aromatic heterocycles. The van der Waals surface area contributed by atoms with E-state index >= 15 is 0 Å². The van der Waals surface area contributed by atoms with Gasteiger partial charge in [-0.2, -0.15) is 0 Å². The molecule has 1 aliphatic rings. The molecule has 0 amide bonds. The summed E-state index contributed by atoms with van der Waals surface area (Å²) in [4.78, 5) is 11.1. The van der Waals surface area contributed by atoms with Crippen LogP contribution in [0.15, 0.2) is 12.2 Å². The fourth-order valence-corrected chi connectivity index (χ4v) is 1.83. The van der Waals surface area contributed by atoms with Gasteiger partial charge in [0.2, 0.25) is 0 Å². The van der Waals surface area contributed by atoms with Crippen LogP contribution in [0, 0.1) is 0 Å². The molecule has 18 heavy (non-hydrogen) atoms. The Morgan fingerprint density at radius 2 is 2.17 bits per heavy atom. The zero-order chi connectivity index (χ0) is 13.6. The number of carbonyl (C=O) groups excluding carboxylic acids is 1. The SMILES string of the molecule is CCOC(=O)CC/C=C\[C@@H]1OC(C)(C)O[C@@H]1CO. The smallest absolute Gasteiger partial charge is 0.306 e. The van der Waals surface area contributed by atoms with E-state index in [4.69, 9.17) is 14.2 Å². The van der Waals surface area contributed by atoms with Gasteiger partial charge in [0.15, 0.2) is 5.79 Å². The van der Waals surface area contributed by atoms with Gasteiger partial charge in [-0.05, 0) is 27.2 Å². The summed E-state index contributed by atoms with van der Waals surface area (Å²) < 4.78 is 16.0. The van der Waals surface area contributed by atoms with Crippen LogP contribution in [0.3, 0.4) is 0 Å². The highest BCUT2D eigenvalue weighted by Crippen LogP contribution is 2.28. The predicted molar refractivity (Wildman–Crippen MR) is 65.9 cm³/mol. The van der Waals surface area contributed by atoms with Crippen LogP contribution >= 0.6 is 0 Å². The van der Waals surface area contributed by atoms with Gasteiger partial charge in [-0.25, -0.2) is 0 Å². The van der Waals surface area contributed by atoms with Gasteiger partial charge in [0.25, 0.3) is 0 Å². The van der Waals surface area contributed by atoms with Gasteiger partial charge in [-0.1, -0.05) is 12.2 Å². The Labute approximate surface area is 108 Å². The maximum absolute atomic E-state index is 11.1. The normalized spacial score (nSPS) is 26.7. The molecular formula is C13H22O5. The first kappa shape index (κ1) is 15.1. The molecule has 2 atom stereocenters. The molecule has 0 saturated carbocycles. The van der Waals surface area contributed by atoms with Crippen molar-refractivity contribution < 1.29 is 24.1 Å². The van der Waals surface area contributed by atoms with Gasteiger partial charge in [-0.3, -0.25) is 4.79 Å². The molecule has 1 rings (SSSR count). The molecule has 0 aliphatic carbocycles. The summed E-state index contributed by atoms with van der Waals surface area (Å²) in [6, 6.07) is 0. The Morgan fingerprint density at radius 1 is 1.44 bits per heavy atom. The molecular weight excluding hydrogens is 236 g/mol. The molecule has 0 radical (unpaired) electrons. The summed E-state index contributed by atoms with van der Waals surface area (Å²) in [5.74, 6) is -0.881. The first-order valence-electron chi connectivity index (χ1n) is 6.27. The second-order valence-corrected chi connectivity index (χ2v) is 4.59. The molecule has 1 aliphatic heterocycles. The third kappa shape index (κ3) is 4.76. The van der Waals surface area contributed by atoms with Crippen molar-refractivity contribution in [2.45, 2.75) is 51.6 Å². The number of hydrogen-bond acceptors (Lipinski definition) is 5. The van der Waals surface area contributed by atoms with Crippen LogP contribution in [0.4, 0.5) is 0 Å². The lowest BCUT2D eigenvalue weighted by molar-refractivity contribution is -0.146. The van der Waals surface area contributed by atoms with Gasteiger partial charge >= 0.3 is 5.97 Å². The van der Waals surface area contributed by atoms with Crippen molar-refractivity contribution in [3.63, 3.8) is 0 Å². The predicted octanol–water partition coefficient (Wildman–Crippen LogP) is 1.40. The van der Waals surface area contributed by atoms with Crippen LogP contribution in [0.2, 0.25) is 0 Å². The van der Waals surface area contributed by atoms with E-state index in [2.05, 4.69) is 0 Å². The number of aliphatic hydroxyl groups excluding tert-OH is 1. The minimum Gasteiger partial charge on any atom is -0.466 e. The molecule has 5 nitrogen and oxygen atoms in total. The van der Waals surface area contributed by atoms with Crippen LogP contribution in [0.5, 0.6) is 0 Å². The lowest BCUT2D eigenvalue weighted by Gasteiger charge is -2.15. The first-order chi connectivity index (χ1) is 8.48. The van der Waals surface area contributed by atoms with E-state index in [1.54, 1.807) is 6.92 Å². The Hall–Kier alpha value is -0.910. The van der Waals surface area contributed by atoms with E-state index in [9.17, 15) is 9.90 Å². The Morgan fingerprint density at radius 3 is 2.78 bits per heavy atom. The highest BCUT2D eigenvalue weighted by atomic mass is 16.8. The van der Waals surface area contributed by atoms with Crippen molar-refractivity contribution in [3.05, 3.63) is 12.2 Å². The molecule has 1 heterocycles. The lowest BCUT2D eigenvalue weighted by Crippen LogP contribution is -2.24. The van der Waals surface area contributed by atoms with Crippen molar-refractivity contribution in [1.82, 2.24) is 0 Å². The van der Waals surface area contributed by atoms with Gasteiger partial charge in [0.05, 0.1) is 13.2 Å². The number of allylic oxidation sites excluding steroid dienone is 1. The molecule has 0 aromatic rings. The van der Waals surface area contributed by atoms with E-state index in [0.29, 0.717) is 19.4 Å². The number of rotatable bonds is 6. The van der Waals surface area contributed by atoms with E-state index in [1.807, 2.05) is 26.0 Å². The van der Waals surface area contributed by atoms with Crippen LogP contribution in [-0.4, -0.2) is 42.3 Å². The zero-order valence-electron chi connectivity index (χ0n) is 11.2. The molecule has 104 valence electrons. The van der Waals surface area contributed by atoms with E-state index in [1.165, 1.54) is 0 Å². The third-order valence-corrected chi connectivity index (χ3v) is 2.55. The quantitative estimate of drug-likeness (QED) is 0.576. The topological polar surface area (TPSA) is 65.0 Å². The summed E-state index contributed by atoms with van der Waals surface area (Å²) in [7, 11) is 0. The largest absolute Gasteiger partial charge is 0.466 e. The molecule has 1 N–H and O–H groups in total. The average Bonchev–Trinajstić information content (AvgIpc) is 2.60. The van der Waals surface area contributed by atoms with Crippen molar-refractivity contribution in [2.24, 2.45) is 0 Å². The fraction of sp³-hybridized carbons (Fsp3) is 0.769. The number of esters is 1. The van der Waals surface area contributed by atoms with Crippen molar-refractivity contribution in [2.75, 3.05) is 13.2 Å². The van der Waals surface area contributed by atoms with Gasteiger partial charge in [0.1, 0.15) is 12.2 Å². The van der Waals surface area contributed by atoms with E-state index < -0.39 is 5.79 Å². The minimum absolute atomic E-state index is 0.0870. The number of hydrogen-bond donors (Lipinski definition) is 1. The fourth-order valence-electron chi connectivity index (χ4n) is 1.83. The summed E-state index contributed by atoms with van der Waals surface area (Å²) in [5, 5.41) is 9.17. The van der Waals surface area contributed by atoms with Crippen LogP contribution in [-0.2, 0) is 19.0 Å². The maximum Gasteiger partial charge on any atom is 0.306 e. The molecule has 0 bridgehead atoms. The maximum atomic E-state index is 11.1. The molecule has 1 saturated heterocycles. The third-order valence-electron chi connectivity index (χ3n) is 2.55. The average molecular weight is 258 g/mol. The molecule has 0 unspecified atom stereocenters. The Bertz CT molecular complexity index is 298. The van der Waals surface area contributed by atoms with Gasteiger partial charge in [0, 0.05) is 6.42 Å². The number of aliphatic hydroxyl groups is 1. The van der Waals surface area contributed by atoms with Gasteiger partial charge in [-0.15, -0.1) is 0 Å². The standard InChI is InChI=1S/C13H22O5/c1-4-16-12(15)8-6-5-7-10-11(9-14)18-13(2,3)17-10/h5,7,10-11,14H,4,6,8-9H2,1-3H3/b7-5-/t10-,11+/m0/s1. The highest BCUT2D eigenvalue weighted by Gasteiger charge is 2.39. The lowest BCUT2D eigenvalue weighted by atomic mass is 10.2. The van der Waals surface area contributed by atoms with Crippen molar-refractivity contribution in [3.8, 4) is 0 Å². The first-order valence-corrected chi connectivity index (χ1v) is 6.27. The van der Waals surface area contributed by atoms with Crippen LogP contribution < -0.4 is 0 Å². The summed E-state index contributed by atoms with van der Waals surface area (Å²) >= 11 is 0. The second kappa shape index (κ2) is 6.87. The Kier molecular flexibility index (Phi) is 5.78. The van der Waals surface area contributed by atoms with Crippen molar-refractivity contribution in [1.29, 1.82) is 0 Å². The second-order valence-electron chi connectivity index (χ2n) is 4.59. The monoisotopic (exact) mass is 258 g/mol. The van der Waals surface area contributed by atoms with Gasteiger partial charge < -0.3 is 19.3 Å². The van der Waals surface area contributed by atoms with Crippen molar-refractivity contribution >= 4 is 5.97 Å². The molecule has 0 aromatic carbocycles. The summed E-state index contributed by atoms with van der Waals surface area (Å²) in [6.45, 7) is 5.72.